The smallest absolute Gasteiger partial charge is 0.225 e. The van der Waals surface area contributed by atoms with Gasteiger partial charge in [0, 0.05) is 38.6 Å². The summed E-state index contributed by atoms with van der Waals surface area (Å²) in [6.45, 7) is 2.86. The summed E-state index contributed by atoms with van der Waals surface area (Å²) >= 11 is 6.19. The summed E-state index contributed by atoms with van der Waals surface area (Å²) in [5, 5.41) is 11.2. The summed E-state index contributed by atoms with van der Waals surface area (Å²) in [7, 11) is 0. The van der Waals surface area contributed by atoms with Crippen molar-refractivity contribution >= 4 is 23.2 Å². The SMILES string of the molecule is O=C(CC1(O)CCCCC1)N1CCN(c2ccncc2Cl)CC1. The maximum Gasteiger partial charge on any atom is 0.225 e. The molecule has 0 atom stereocenters. The maximum absolute atomic E-state index is 12.5. The van der Waals surface area contributed by atoms with E-state index in [0.717, 1.165) is 44.5 Å². The zero-order valence-corrected chi connectivity index (χ0v) is 14.1. The van der Waals surface area contributed by atoms with Crippen molar-refractivity contribution in [1.82, 2.24) is 9.88 Å². The van der Waals surface area contributed by atoms with Crippen molar-refractivity contribution < 1.29 is 9.90 Å². The molecule has 3 rings (SSSR count). The minimum absolute atomic E-state index is 0.0786. The summed E-state index contributed by atoms with van der Waals surface area (Å²) < 4.78 is 0. The molecule has 1 N–H and O–H groups in total. The lowest BCUT2D eigenvalue weighted by molar-refractivity contribution is -0.138. The summed E-state index contributed by atoms with van der Waals surface area (Å²) in [4.78, 5) is 20.6. The molecule has 1 aromatic rings. The molecular formula is C17H24ClN3O2. The Kier molecular flexibility index (Phi) is 5.07. The molecule has 0 aromatic carbocycles. The van der Waals surface area contributed by atoms with Crippen LogP contribution < -0.4 is 4.90 Å². The molecule has 1 saturated carbocycles. The first-order valence-corrected chi connectivity index (χ1v) is 8.80. The lowest BCUT2D eigenvalue weighted by atomic mass is 9.82. The Labute approximate surface area is 142 Å². The molecule has 6 heteroatoms. The average Bonchev–Trinajstić information content (AvgIpc) is 2.56. The van der Waals surface area contributed by atoms with Crippen LogP contribution in [0.5, 0.6) is 0 Å². The van der Waals surface area contributed by atoms with Crippen molar-refractivity contribution in [3.05, 3.63) is 23.5 Å². The summed E-state index contributed by atoms with van der Waals surface area (Å²) in [6, 6.07) is 1.91. The number of aromatic nitrogens is 1. The molecule has 0 spiro atoms. The number of rotatable bonds is 3. The Morgan fingerprint density at radius 2 is 1.91 bits per heavy atom. The molecule has 126 valence electrons. The number of hydrogen-bond acceptors (Lipinski definition) is 4. The summed E-state index contributed by atoms with van der Waals surface area (Å²) in [5.41, 5.74) is 0.195. The standard InChI is InChI=1S/C17H24ClN3O2/c18-14-13-19-7-4-15(14)20-8-10-21(11-9-20)16(22)12-17(23)5-2-1-3-6-17/h4,7,13,23H,1-3,5-6,8-12H2. The van der Waals surface area contributed by atoms with E-state index >= 15 is 0 Å². The number of piperazine rings is 1. The number of anilines is 1. The molecule has 2 heterocycles. The fourth-order valence-corrected chi connectivity index (χ4v) is 3.84. The highest BCUT2D eigenvalue weighted by atomic mass is 35.5. The van der Waals surface area contributed by atoms with Gasteiger partial charge in [-0.1, -0.05) is 30.9 Å². The molecule has 1 aromatic heterocycles. The molecule has 5 nitrogen and oxygen atoms in total. The highest BCUT2D eigenvalue weighted by Crippen LogP contribution is 2.32. The number of hydrogen-bond donors (Lipinski definition) is 1. The normalized spacial score (nSPS) is 21.3. The number of nitrogens with zero attached hydrogens (tertiary/aromatic N) is 3. The zero-order chi connectivity index (χ0) is 16.3. The van der Waals surface area contributed by atoms with Crippen molar-refractivity contribution in [2.75, 3.05) is 31.1 Å². The second-order valence-corrected chi connectivity index (χ2v) is 7.06. The molecule has 0 radical (unpaired) electrons. The van der Waals surface area contributed by atoms with Gasteiger partial charge >= 0.3 is 0 Å². The van der Waals surface area contributed by atoms with Gasteiger partial charge in [0.25, 0.3) is 0 Å². The van der Waals surface area contributed by atoms with E-state index in [0.29, 0.717) is 18.1 Å². The molecule has 1 aliphatic heterocycles. The van der Waals surface area contributed by atoms with E-state index < -0.39 is 5.60 Å². The van der Waals surface area contributed by atoms with E-state index in [2.05, 4.69) is 9.88 Å². The van der Waals surface area contributed by atoms with Gasteiger partial charge in [0.05, 0.1) is 22.7 Å². The second kappa shape index (κ2) is 7.05. The first-order valence-electron chi connectivity index (χ1n) is 8.42. The van der Waals surface area contributed by atoms with Crippen LogP contribution in [0.1, 0.15) is 38.5 Å². The largest absolute Gasteiger partial charge is 0.389 e. The van der Waals surface area contributed by atoms with Crippen LogP contribution in [-0.2, 0) is 4.79 Å². The average molecular weight is 338 g/mol. The van der Waals surface area contributed by atoms with Gasteiger partial charge in [-0.25, -0.2) is 0 Å². The molecule has 2 fully saturated rings. The molecule has 2 aliphatic rings. The highest BCUT2D eigenvalue weighted by Gasteiger charge is 2.34. The maximum atomic E-state index is 12.5. The first kappa shape index (κ1) is 16.5. The Balaban J connectivity index is 1.54. The van der Waals surface area contributed by atoms with Gasteiger partial charge in [0.2, 0.25) is 5.91 Å². The quantitative estimate of drug-likeness (QED) is 0.920. The van der Waals surface area contributed by atoms with Crippen molar-refractivity contribution in [3.8, 4) is 0 Å². The van der Waals surface area contributed by atoms with E-state index in [1.54, 1.807) is 12.4 Å². The van der Waals surface area contributed by atoms with Gasteiger partial charge in [-0.05, 0) is 18.9 Å². The number of halogens is 1. The topological polar surface area (TPSA) is 56.7 Å². The van der Waals surface area contributed by atoms with Crippen molar-refractivity contribution in [1.29, 1.82) is 0 Å². The van der Waals surface area contributed by atoms with E-state index in [9.17, 15) is 9.90 Å². The minimum atomic E-state index is -0.777. The van der Waals surface area contributed by atoms with Crippen molar-refractivity contribution in [2.45, 2.75) is 44.1 Å². The van der Waals surface area contributed by atoms with Crippen LogP contribution in [0.4, 0.5) is 5.69 Å². The van der Waals surface area contributed by atoms with Crippen LogP contribution >= 0.6 is 11.6 Å². The molecule has 1 saturated heterocycles. The van der Waals surface area contributed by atoms with E-state index in [1.165, 1.54) is 6.42 Å². The predicted molar refractivity (Wildman–Crippen MR) is 90.7 cm³/mol. The number of aliphatic hydroxyl groups is 1. The van der Waals surface area contributed by atoms with Crippen LogP contribution in [0.3, 0.4) is 0 Å². The molecule has 23 heavy (non-hydrogen) atoms. The molecule has 0 unspecified atom stereocenters. The summed E-state index contributed by atoms with van der Waals surface area (Å²) in [5.74, 6) is 0.0786. The molecule has 1 aliphatic carbocycles. The zero-order valence-electron chi connectivity index (χ0n) is 13.4. The van der Waals surface area contributed by atoms with Crippen LogP contribution in [0, 0.1) is 0 Å². The van der Waals surface area contributed by atoms with Gasteiger partial charge in [0.1, 0.15) is 0 Å². The second-order valence-electron chi connectivity index (χ2n) is 6.66. The van der Waals surface area contributed by atoms with E-state index in [1.807, 2.05) is 11.0 Å². The number of amides is 1. The number of pyridine rings is 1. The summed E-state index contributed by atoms with van der Waals surface area (Å²) in [6.07, 6.45) is 8.38. The Morgan fingerprint density at radius 3 is 2.57 bits per heavy atom. The lowest BCUT2D eigenvalue weighted by Gasteiger charge is -2.38. The van der Waals surface area contributed by atoms with E-state index in [4.69, 9.17) is 11.6 Å². The Hall–Kier alpha value is -1.33. The first-order chi connectivity index (χ1) is 11.1. The highest BCUT2D eigenvalue weighted by molar-refractivity contribution is 6.33. The monoisotopic (exact) mass is 337 g/mol. The fourth-order valence-electron chi connectivity index (χ4n) is 3.60. The van der Waals surface area contributed by atoms with Crippen LogP contribution in [0.15, 0.2) is 18.5 Å². The fraction of sp³-hybridized carbons (Fsp3) is 0.647. The van der Waals surface area contributed by atoms with Crippen molar-refractivity contribution in [2.24, 2.45) is 0 Å². The third-order valence-electron chi connectivity index (χ3n) is 4.99. The third-order valence-corrected chi connectivity index (χ3v) is 5.28. The van der Waals surface area contributed by atoms with Crippen molar-refractivity contribution in [3.63, 3.8) is 0 Å². The molecule has 0 bridgehead atoms. The molecular weight excluding hydrogens is 314 g/mol. The van der Waals surface area contributed by atoms with Gasteiger partial charge in [0.15, 0.2) is 0 Å². The van der Waals surface area contributed by atoms with Gasteiger partial charge in [-0.2, -0.15) is 0 Å². The van der Waals surface area contributed by atoms with Crippen LogP contribution in [0.2, 0.25) is 5.02 Å². The minimum Gasteiger partial charge on any atom is -0.389 e. The predicted octanol–water partition coefficient (Wildman–Crippen LogP) is 2.47. The lowest BCUT2D eigenvalue weighted by Crippen LogP contribution is -2.50. The van der Waals surface area contributed by atoms with Crippen LogP contribution in [0.25, 0.3) is 0 Å². The number of carbonyl (C=O) groups is 1. The number of carbonyl (C=O) groups excluding carboxylic acids is 1. The van der Waals surface area contributed by atoms with Gasteiger partial charge in [-0.15, -0.1) is 0 Å². The molecule has 1 amide bonds. The Bertz CT molecular complexity index is 553. The van der Waals surface area contributed by atoms with Gasteiger partial charge < -0.3 is 14.9 Å². The van der Waals surface area contributed by atoms with E-state index in [-0.39, 0.29) is 12.3 Å². The Morgan fingerprint density at radius 1 is 1.22 bits per heavy atom. The third kappa shape index (κ3) is 3.96. The van der Waals surface area contributed by atoms with Crippen LogP contribution in [-0.4, -0.2) is 52.7 Å². The van der Waals surface area contributed by atoms with Gasteiger partial charge in [-0.3, -0.25) is 9.78 Å².